The van der Waals surface area contributed by atoms with Crippen LogP contribution >= 0.6 is 0 Å². The van der Waals surface area contributed by atoms with E-state index in [1.165, 1.54) is 0 Å². The third kappa shape index (κ3) is 3.74. The number of pyridine rings is 2. The Hall–Kier alpha value is -3.05. The number of hydrogen-bond donors (Lipinski definition) is 0. The van der Waals surface area contributed by atoms with E-state index in [1.54, 1.807) is 0 Å². The Morgan fingerprint density at radius 1 is 1.06 bits per heavy atom. The normalized spacial score (nSPS) is 19.6. The Bertz CT molecular complexity index is 1110. The molecule has 2 aromatic rings. The molecule has 1 saturated heterocycles. The van der Waals surface area contributed by atoms with Crippen LogP contribution in [0.15, 0.2) is 12.1 Å². The number of halogens is 6. The first-order chi connectivity index (χ1) is 14.4. The summed E-state index contributed by atoms with van der Waals surface area (Å²) in [5.74, 6) is -9.54. The van der Waals surface area contributed by atoms with Gasteiger partial charge in [-0.3, -0.25) is 14.4 Å². The fourth-order valence-corrected chi connectivity index (χ4v) is 3.71. The molecule has 2 aromatic heterocycles. The number of rotatable bonds is 3. The Balaban J connectivity index is 1.83. The summed E-state index contributed by atoms with van der Waals surface area (Å²) in [5.41, 5.74) is -3.34. The van der Waals surface area contributed by atoms with Crippen LogP contribution in [0.3, 0.4) is 0 Å². The molecule has 31 heavy (non-hydrogen) atoms. The summed E-state index contributed by atoms with van der Waals surface area (Å²) < 4.78 is 81.4. The minimum atomic E-state index is -5.15. The average molecular weight is 445 g/mol. The zero-order valence-corrected chi connectivity index (χ0v) is 15.6. The van der Waals surface area contributed by atoms with E-state index in [9.17, 15) is 40.7 Å². The highest BCUT2D eigenvalue weighted by molar-refractivity contribution is 6.25. The van der Waals surface area contributed by atoms with E-state index < -0.39 is 77.0 Å². The summed E-state index contributed by atoms with van der Waals surface area (Å²) in [7, 11) is 0. The third-order valence-corrected chi connectivity index (χ3v) is 5.17. The maximum absolute atomic E-state index is 14.4. The van der Waals surface area contributed by atoms with Gasteiger partial charge >= 0.3 is 6.18 Å². The minimum Gasteiger partial charge on any atom is -0.342 e. The molecule has 0 bridgehead atoms. The fourth-order valence-electron chi connectivity index (χ4n) is 3.71. The lowest BCUT2D eigenvalue weighted by atomic mass is 9.81. The molecular weight excluding hydrogens is 432 g/mol. The van der Waals surface area contributed by atoms with E-state index in [-0.39, 0.29) is 24.6 Å². The first-order valence-corrected chi connectivity index (χ1v) is 9.18. The lowest BCUT2D eigenvalue weighted by molar-refractivity contribution is -0.142. The van der Waals surface area contributed by atoms with Crippen LogP contribution in [0.25, 0.3) is 11.0 Å². The first kappa shape index (κ1) is 21.2. The van der Waals surface area contributed by atoms with Crippen LogP contribution in [-0.4, -0.2) is 46.3 Å². The SMILES string of the molecule is O=C1CCCC(=O)C1C(=O)c1cc2cc(F)c(N3CC(F)(F)C3)nc2nc1C(F)(F)F. The second-order valence-corrected chi connectivity index (χ2v) is 7.52. The summed E-state index contributed by atoms with van der Waals surface area (Å²) in [6.45, 7) is -1.70. The molecule has 0 radical (unpaired) electrons. The number of fused-ring (bicyclic) bond motifs is 1. The summed E-state index contributed by atoms with van der Waals surface area (Å²) in [4.78, 5) is 44.6. The van der Waals surface area contributed by atoms with E-state index in [0.717, 1.165) is 11.0 Å². The maximum atomic E-state index is 14.4. The fraction of sp³-hybridized carbons (Fsp3) is 0.421. The molecule has 1 saturated carbocycles. The van der Waals surface area contributed by atoms with E-state index in [2.05, 4.69) is 9.97 Å². The lowest BCUT2D eigenvalue weighted by Crippen LogP contribution is -2.57. The van der Waals surface area contributed by atoms with Crippen molar-refractivity contribution in [3.63, 3.8) is 0 Å². The van der Waals surface area contributed by atoms with Crippen molar-refractivity contribution in [2.24, 2.45) is 5.92 Å². The van der Waals surface area contributed by atoms with Gasteiger partial charge in [0.05, 0.1) is 18.7 Å². The third-order valence-electron chi connectivity index (χ3n) is 5.17. The number of hydrogen-bond acceptors (Lipinski definition) is 6. The number of Topliss-reactive ketones (excluding diaryl/α,β-unsaturated/α-hetero) is 3. The molecule has 2 fully saturated rings. The molecular formula is C19H13F6N3O3. The van der Waals surface area contributed by atoms with Crippen molar-refractivity contribution in [1.82, 2.24) is 9.97 Å². The zero-order chi connectivity index (χ0) is 22.7. The molecule has 0 unspecified atom stereocenters. The lowest BCUT2D eigenvalue weighted by Gasteiger charge is -2.39. The molecule has 3 heterocycles. The maximum Gasteiger partial charge on any atom is 0.434 e. The number of anilines is 1. The van der Waals surface area contributed by atoms with Gasteiger partial charge in [-0.1, -0.05) is 0 Å². The summed E-state index contributed by atoms with van der Waals surface area (Å²) >= 11 is 0. The second kappa shape index (κ2) is 6.99. The highest BCUT2D eigenvalue weighted by Gasteiger charge is 2.46. The van der Waals surface area contributed by atoms with Gasteiger partial charge in [0.25, 0.3) is 5.92 Å². The molecule has 12 heteroatoms. The Morgan fingerprint density at radius 2 is 1.68 bits per heavy atom. The Kier molecular flexibility index (Phi) is 4.78. The molecule has 0 aromatic carbocycles. The summed E-state index contributed by atoms with van der Waals surface area (Å²) in [5, 5.41) is -0.305. The van der Waals surface area contributed by atoms with E-state index >= 15 is 0 Å². The number of carbonyl (C=O) groups excluding carboxylic acids is 3. The summed E-state index contributed by atoms with van der Waals surface area (Å²) in [6, 6.07) is 1.40. The predicted octanol–water partition coefficient (Wildman–Crippen LogP) is 3.36. The first-order valence-electron chi connectivity index (χ1n) is 9.18. The molecule has 1 aliphatic heterocycles. The van der Waals surface area contributed by atoms with Crippen molar-refractivity contribution < 1.29 is 40.7 Å². The number of alkyl halides is 5. The van der Waals surface area contributed by atoms with Crippen molar-refractivity contribution in [3.05, 3.63) is 29.2 Å². The molecule has 0 atom stereocenters. The van der Waals surface area contributed by atoms with Gasteiger partial charge in [-0.25, -0.2) is 23.1 Å². The minimum absolute atomic E-state index is 0.121. The van der Waals surface area contributed by atoms with Gasteiger partial charge in [0.1, 0.15) is 5.92 Å². The zero-order valence-electron chi connectivity index (χ0n) is 15.6. The van der Waals surface area contributed by atoms with Crippen LogP contribution in [0.1, 0.15) is 35.3 Å². The predicted molar refractivity (Wildman–Crippen MR) is 93.3 cm³/mol. The van der Waals surface area contributed by atoms with E-state index in [0.29, 0.717) is 6.07 Å². The number of aromatic nitrogens is 2. The van der Waals surface area contributed by atoms with E-state index in [1.807, 2.05) is 0 Å². The van der Waals surface area contributed by atoms with Gasteiger partial charge < -0.3 is 4.90 Å². The highest BCUT2D eigenvalue weighted by Crippen LogP contribution is 2.37. The number of carbonyl (C=O) groups is 3. The highest BCUT2D eigenvalue weighted by atomic mass is 19.4. The standard InChI is InChI=1S/C19H13F6N3O3/c20-10-5-8-4-9(14(31)13-11(29)2-1-3-12(13)30)15(19(23,24)25)26-16(8)27-17(10)28-6-18(21,22)7-28/h4-5,13H,1-3,6-7H2. The van der Waals surface area contributed by atoms with Crippen molar-refractivity contribution >= 4 is 34.2 Å². The van der Waals surface area contributed by atoms with Gasteiger partial charge in [0.2, 0.25) is 0 Å². The van der Waals surface area contributed by atoms with Gasteiger partial charge in [-0.15, -0.1) is 0 Å². The number of ketones is 3. The number of nitrogens with zero attached hydrogens (tertiary/aromatic N) is 3. The van der Waals surface area contributed by atoms with Gasteiger partial charge in [0, 0.05) is 18.2 Å². The molecule has 4 rings (SSSR count). The van der Waals surface area contributed by atoms with E-state index in [4.69, 9.17) is 0 Å². The molecule has 6 nitrogen and oxygen atoms in total. The molecule has 0 spiro atoms. The Labute approximate surface area is 170 Å². The van der Waals surface area contributed by atoms with Gasteiger partial charge in [-0.2, -0.15) is 13.2 Å². The van der Waals surface area contributed by atoms with Crippen molar-refractivity contribution in [2.45, 2.75) is 31.4 Å². The second-order valence-electron chi connectivity index (χ2n) is 7.52. The van der Waals surface area contributed by atoms with Gasteiger partial charge in [0.15, 0.2) is 40.3 Å². The average Bonchev–Trinajstić information content (AvgIpc) is 2.63. The van der Waals surface area contributed by atoms with Crippen LogP contribution in [0, 0.1) is 11.7 Å². The topological polar surface area (TPSA) is 80.2 Å². The molecule has 1 aliphatic carbocycles. The van der Waals surface area contributed by atoms with Crippen molar-refractivity contribution in [2.75, 3.05) is 18.0 Å². The largest absolute Gasteiger partial charge is 0.434 e. The monoisotopic (exact) mass is 445 g/mol. The van der Waals surface area contributed by atoms with Crippen LogP contribution in [0.2, 0.25) is 0 Å². The summed E-state index contributed by atoms with van der Waals surface area (Å²) in [6.07, 6.45) is -5.19. The molecule has 2 aliphatic rings. The van der Waals surface area contributed by atoms with Crippen LogP contribution < -0.4 is 4.90 Å². The van der Waals surface area contributed by atoms with Crippen molar-refractivity contribution in [1.29, 1.82) is 0 Å². The van der Waals surface area contributed by atoms with Crippen LogP contribution in [0.4, 0.5) is 32.2 Å². The molecule has 0 N–H and O–H groups in total. The Morgan fingerprint density at radius 3 is 2.23 bits per heavy atom. The molecule has 0 amide bonds. The van der Waals surface area contributed by atoms with Crippen LogP contribution in [0.5, 0.6) is 0 Å². The molecule has 164 valence electrons. The quantitative estimate of drug-likeness (QED) is 0.410. The smallest absolute Gasteiger partial charge is 0.342 e. The van der Waals surface area contributed by atoms with Crippen molar-refractivity contribution in [3.8, 4) is 0 Å². The van der Waals surface area contributed by atoms with Crippen LogP contribution in [-0.2, 0) is 15.8 Å². The van der Waals surface area contributed by atoms with Gasteiger partial charge in [-0.05, 0) is 18.6 Å².